The number of amides is 2. The van der Waals surface area contributed by atoms with Crippen LogP contribution >= 0.6 is 11.6 Å². The van der Waals surface area contributed by atoms with Gasteiger partial charge in [-0.05, 0) is 31.5 Å². The quantitative estimate of drug-likeness (QED) is 0.860. The van der Waals surface area contributed by atoms with Crippen LogP contribution < -0.4 is 5.32 Å². The number of ether oxygens (including phenoxy) is 1. The number of carbonyl (C=O) groups is 2. The second-order valence-electron chi connectivity index (χ2n) is 6.49. The van der Waals surface area contributed by atoms with Crippen LogP contribution in [0.25, 0.3) is 0 Å². The van der Waals surface area contributed by atoms with E-state index in [2.05, 4.69) is 5.32 Å². The first-order valence-corrected chi connectivity index (χ1v) is 9.12. The van der Waals surface area contributed by atoms with Crippen molar-refractivity contribution in [2.24, 2.45) is 0 Å². The highest BCUT2D eigenvalue weighted by Gasteiger charge is 2.33. The van der Waals surface area contributed by atoms with Gasteiger partial charge in [-0.3, -0.25) is 9.59 Å². The van der Waals surface area contributed by atoms with Crippen LogP contribution in [-0.4, -0.2) is 73.1 Å². The van der Waals surface area contributed by atoms with E-state index in [9.17, 15) is 9.59 Å². The fourth-order valence-corrected chi connectivity index (χ4v) is 3.54. The molecule has 2 heterocycles. The fraction of sp³-hybridized carbons (Fsp3) is 0.556. The predicted octanol–water partition coefficient (Wildman–Crippen LogP) is 1.39. The Labute approximate surface area is 153 Å². The zero-order valence-electron chi connectivity index (χ0n) is 14.4. The van der Waals surface area contributed by atoms with Crippen LogP contribution in [-0.2, 0) is 9.53 Å². The predicted molar refractivity (Wildman–Crippen MR) is 95.8 cm³/mol. The van der Waals surface area contributed by atoms with Gasteiger partial charge in [0.15, 0.2) is 0 Å². The fourth-order valence-electron chi connectivity index (χ4n) is 3.35. The zero-order chi connectivity index (χ0) is 17.8. The largest absolute Gasteiger partial charge is 0.375 e. The van der Waals surface area contributed by atoms with Gasteiger partial charge >= 0.3 is 0 Å². The number of halogens is 1. The number of benzene rings is 1. The molecule has 2 fully saturated rings. The van der Waals surface area contributed by atoms with E-state index in [0.29, 0.717) is 49.9 Å². The number of hydrogen-bond acceptors (Lipinski definition) is 4. The van der Waals surface area contributed by atoms with E-state index in [-0.39, 0.29) is 24.0 Å². The minimum Gasteiger partial charge on any atom is -0.375 e. The molecule has 7 heteroatoms. The molecule has 2 saturated heterocycles. The highest BCUT2D eigenvalue weighted by Crippen LogP contribution is 2.15. The van der Waals surface area contributed by atoms with Gasteiger partial charge in [-0.25, -0.2) is 0 Å². The van der Waals surface area contributed by atoms with Gasteiger partial charge in [0, 0.05) is 43.3 Å². The van der Waals surface area contributed by atoms with Gasteiger partial charge in [0.1, 0.15) is 6.04 Å². The first-order valence-electron chi connectivity index (χ1n) is 8.75. The molecule has 0 radical (unpaired) electrons. The van der Waals surface area contributed by atoms with E-state index in [0.717, 1.165) is 6.42 Å². The summed E-state index contributed by atoms with van der Waals surface area (Å²) in [6.45, 7) is 5.60. The molecule has 136 valence electrons. The van der Waals surface area contributed by atoms with Crippen molar-refractivity contribution in [2.45, 2.75) is 25.5 Å². The third-order valence-electron chi connectivity index (χ3n) is 4.75. The van der Waals surface area contributed by atoms with Gasteiger partial charge in [0.2, 0.25) is 5.91 Å². The zero-order valence-corrected chi connectivity index (χ0v) is 15.2. The van der Waals surface area contributed by atoms with Gasteiger partial charge < -0.3 is 19.9 Å². The molecular weight excluding hydrogens is 342 g/mol. The van der Waals surface area contributed by atoms with Crippen molar-refractivity contribution in [2.75, 3.05) is 39.3 Å². The molecule has 1 aromatic rings. The van der Waals surface area contributed by atoms with Gasteiger partial charge in [-0.1, -0.05) is 17.7 Å². The molecule has 2 atom stereocenters. The third kappa shape index (κ3) is 4.32. The lowest BCUT2D eigenvalue weighted by Crippen LogP contribution is -2.56. The number of rotatable bonds is 2. The van der Waals surface area contributed by atoms with Crippen LogP contribution in [0.4, 0.5) is 0 Å². The standard InChI is InChI=1S/C18H24ClN3O3/c1-13-16(20-6-11-25-13)18(24)22-8-3-7-21(9-10-22)17(23)14-4-2-5-15(19)12-14/h2,4-5,12-13,16,20H,3,6-11H2,1H3/t13-,16+/m1/s1. The van der Waals surface area contributed by atoms with Crippen LogP contribution in [0, 0.1) is 0 Å². The Morgan fingerprint density at radius 2 is 1.96 bits per heavy atom. The van der Waals surface area contributed by atoms with Crippen molar-refractivity contribution in [3.8, 4) is 0 Å². The first-order chi connectivity index (χ1) is 12.1. The molecule has 0 bridgehead atoms. The summed E-state index contributed by atoms with van der Waals surface area (Å²) in [5.74, 6) is 0.0218. The molecule has 6 nitrogen and oxygen atoms in total. The SMILES string of the molecule is C[C@H]1OCCN[C@@H]1C(=O)N1CCCN(C(=O)c2cccc(Cl)c2)CC1. The smallest absolute Gasteiger partial charge is 0.253 e. The van der Waals surface area contributed by atoms with E-state index >= 15 is 0 Å². The molecule has 0 aliphatic carbocycles. The summed E-state index contributed by atoms with van der Waals surface area (Å²) < 4.78 is 5.57. The van der Waals surface area contributed by atoms with Crippen molar-refractivity contribution in [3.63, 3.8) is 0 Å². The third-order valence-corrected chi connectivity index (χ3v) is 4.98. The Balaban J connectivity index is 1.62. The van der Waals surface area contributed by atoms with Crippen LogP contribution in [0.15, 0.2) is 24.3 Å². The average molecular weight is 366 g/mol. The molecule has 0 aromatic heterocycles. The second-order valence-corrected chi connectivity index (χ2v) is 6.93. The normalized spacial score (nSPS) is 24.7. The molecule has 0 spiro atoms. The summed E-state index contributed by atoms with van der Waals surface area (Å²) in [7, 11) is 0. The Hall–Kier alpha value is -1.63. The number of morpholine rings is 1. The topological polar surface area (TPSA) is 61.9 Å². The summed E-state index contributed by atoms with van der Waals surface area (Å²) in [6, 6.07) is 6.68. The summed E-state index contributed by atoms with van der Waals surface area (Å²) >= 11 is 5.98. The molecule has 2 aliphatic rings. The number of hydrogen-bond donors (Lipinski definition) is 1. The lowest BCUT2D eigenvalue weighted by atomic mass is 10.1. The minimum absolute atomic E-state index is 0.0377. The Morgan fingerprint density at radius 3 is 2.72 bits per heavy atom. The van der Waals surface area contributed by atoms with Crippen molar-refractivity contribution < 1.29 is 14.3 Å². The highest BCUT2D eigenvalue weighted by atomic mass is 35.5. The van der Waals surface area contributed by atoms with E-state index in [1.807, 2.05) is 11.8 Å². The van der Waals surface area contributed by atoms with Crippen LogP contribution in [0.3, 0.4) is 0 Å². The molecule has 0 saturated carbocycles. The lowest BCUT2D eigenvalue weighted by molar-refractivity contribution is -0.139. The highest BCUT2D eigenvalue weighted by molar-refractivity contribution is 6.30. The monoisotopic (exact) mass is 365 g/mol. The number of nitrogens with zero attached hydrogens (tertiary/aromatic N) is 2. The Bertz CT molecular complexity index is 640. The summed E-state index contributed by atoms with van der Waals surface area (Å²) in [4.78, 5) is 29.1. The van der Waals surface area contributed by atoms with Gasteiger partial charge in [0.05, 0.1) is 12.7 Å². The summed E-state index contributed by atoms with van der Waals surface area (Å²) in [6.07, 6.45) is 0.633. The van der Waals surface area contributed by atoms with Crippen molar-refractivity contribution in [3.05, 3.63) is 34.9 Å². The second kappa shape index (κ2) is 8.17. The van der Waals surface area contributed by atoms with Crippen molar-refractivity contribution >= 4 is 23.4 Å². The Morgan fingerprint density at radius 1 is 1.20 bits per heavy atom. The molecule has 2 aliphatic heterocycles. The maximum atomic E-state index is 12.8. The van der Waals surface area contributed by atoms with Crippen LogP contribution in [0.1, 0.15) is 23.7 Å². The molecule has 1 aromatic carbocycles. The van der Waals surface area contributed by atoms with Crippen LogP contribution in [0.2, 0.25) is 5.02 Å². The van der Waals surface area contributed by atoms with Crippen molar-refractivity contribution in [1.82, 2.24) is 15.1 Å². The Kier molecular flexibility index (Phi) is 5.93. The molecule has 1 N–H and O–H groups in total. The number of carbonyl (C=O) groups excluding carboxylic acids is 2. The molecular formula is C18H24ClN3O3. The van der Waals surface area contributed by atoms with E-state index in [1.165, 1.54) is 0 Å². The molecule has 25 heavy (non-hydrogen) atoms. The van der Waals surface area contributed by atoms with E-state index < -0.39 is 0 Å². The number of nitrogens with one attached hydrogen (secondary N) is 1. The average Bonchev–Trinajstić information content (AvgIpc) is 2.87. The van der Waals surface area contributed by atoms with E-state index in [1.54, 1.807) is 29.2 Å². The summed E-state index contributed by atoms with van der Waals surface area (Å²) in [5.41, 5.74) is 0.586. The van der Waals surface area contributed by atoms with Crippen molar-refractivity contribution in [1.29, 1.82) is 0 Å². The maximum Gasteiger partial charge on any atom is 0.253 e. The maximum absolute atomic E-state index is 12.8. The molecule has 0 unspecified atom stereocenters. The minimum atomic E-state index is -0.302. The van der Waals surface area contributed by atoms with Gasteiger partial charge in [-0.2, -0.15) is 0 Å². The molecule has 2 amide bonds. The van der Waals surface area contributed by atoms with Gasteiger partial charge in [-0.15, -0.1) is 0 Å². The first kappa shape index (κ1) is 18.2. The van der Waals surface area contributed by atoms with Gasteiger partial charge in [0.25, 0.3) is 5.91 Å². The lowest BCUT2D eigenvalue weighted by Gasteiger charge is -2.33. The van der Waals surface area contributed by atoms with Crippen LogP contribution in [0.5, 0.6) is 0 Å². The summed E-state index contributed by atoms with van der Waals surface area (Å²) in [5, 5.41) is 3.79. The molecule has 3 rings (SSSR count). The van der Waals surface area contributed by atoms with E-state index in [4.69, 9.17) is 16.3 Å².